The number of thiophene rings is 1. The van der Waals surface area contributed by atoms with Crippen LogP contribution >= 0.6 is 11.3 Å². The fourth-order valence-corrected chi connectivity index (χ4v) is 9.42. The van der Waals surface area contributed by atoms with Crippen LogP contribution in [0.1, 0.15) is 0 Å². The van der Waals surface area contributed by atoms with Gasteiger partial charge in [-0.05, 0) is 87.3 Å². The summed E-state index contributed by atoms with van der Waals surface area (Å²) in [6, 6.07) is 72.1. The molecule has 2 aromatic heterocycles. The molecule has 2 heterocycles. The van der Waals surface area contributed by atoms with Crippen LogP contribution in [0, 0.1) is 0 Å². The van der Waals surface area contributed by atoms with Crippen LogP contribution in [0.4, 0.5) is 17.1 Å². The van der Waals surface area contributed by atoms with Crippen molar-refractivity contribution < 1.29 is 4.42 Å². The third-order valence-electron chi connectivity index (χ3n) is 10.9. The Morgan fingerprint density at radius 3 is 1.71 bits per heavy atom. The minimum absolute atomic E-state index is 0.904. The van der Waals surface area contributed by atoms with Gasteiger partial charge in [-0.2, -0.15) is 0 Å². The van der Waals surface area contributed by atoms with Crippen molar-refractivity contribution in [2.75, 3.05) is 4.90 Å². The highest BCUT2D eigenvalue weighted by molar-refractivity contribution is 7.26. The maximum Gasteiger partial charge on any atom is 0.143 e. The molecule has 0 radical (unpaired) electrons. The van der Waals surface area contributed by atoms with Crippen molar-refractivity contribution in [1.82, 2.24) is 0 Å². The monoisotopic (exact) mass is 719 g/mol. The van der Waals surface area contributed by atoms with Gasteiger partial charge in [-0.1, -0.05) is 152 Å². The summed E-state index contributed by atoms with van der Waals surface area (Å²) in [5, 5.41) is 7.18. The molecule has 0 saturated heterocycles. The van der Waals surface area contributed by atoms with Crippen molar-refractivity contribution in [1.29, 1.82) is 0 Å². The van der Waals surface area contributed by atoms with E-state index in [9.17, 15) is 0 Å². The van der Waals surface area contributed by atoms with E-state index in [0.717, 1.165) is 44.3 Å². The van der Waals surface area contributed by atoms with Crippen LogP contribution in [-0.4, -0.2) is 0 Å². The van der Waals surface area contributed by atoms with Crippen molar-refractivity contribution in [3.8, 4) is 33.4 Å². The van der Waals surface area contributed by atoms with Gasteiger partial charge in [0.2, 0.25) is 0 Å². The lowest BCUT2D eigenvalue weighted by molar-refractivity contribution is 0.673. The van der Waals surface area contributed by atoms with Crippen LogP contribution in [0.5, 0.6) is 0 Å². The first-order valence-electron chi connectivity index (χ1n) is 18.7. The SMILES string of the molecule is c1ccc(-c2ccc(-c3ccc(N(c4ccc(-c5cccc6oc7c8ccccc8ccc7c56)cc4)c4cccc5c4sc4ccccc45)cc3)cc2)cc1. The Labute approximate surface area is 322 Å². The number of hydrogen-bond donors (Lipinski definition) is 0. The summed E-state index contributed by atoms with van der Waals surface area (Å²) in [5.41, 5.74) is 12.4. The second-order valence-corrected chi connectivity index (χ2v) is 15.1. The Morgan fingerprint density at radius 1 is 0.382 bits per heavy atom. The fourth-order valence-electron chi connectivity index (χ4n) is 8.21. The second-order valence-electron chi connectivity index (χ2n) is 14.1. The van der Waals surface area contributed by atoms with Gasteiger partial charge in [0.1, 0.15) is 11.2 Å². The average molecular weight is 720 g/mol. The van der Waals surface area contributed by atoms with Gasteiger partial charge in [-0.15, -0.1) is 11.3 Å². The summed E-state index contributed by atoms with van der Waals surface area (Å²) in [5.74, 6) is 0. The maximum absolute atomic E-state index is 6.53. The van der Waals surface area contributed by atoms with Crippen LogP contribution in [0.15, 0.2) is 205 Å². The predicted octanol–water partition coefficient (Wildman–Crippen LogP) is 15.6. The lowest BCUT2D eigenvalue weighted by Gasteiger charge is -2.26. The topological polar surface area (TPSA) is 16.4 Å². The Balaban J connectivity index is 1.02. The van der Waals surface area contributed by atoms with Crippen molar-refractivity contribution in [3.05, 3.63) is 200 Å². The summed E-state index contributed by atoms with van der Waals surface area (Å²) in [6.45, 7) is 0. The molecule has 0 atom stereocenters. The standard InChI is InChI=1S/C52H33NOS/c1-2-10-34(11-3-1)35-20-22-36(23-21-35)37-24-29-40(30-25-37)53(47-17-8-16-45-44-14-6-7-19-49(44)55-52(45)47)41-31-26-39(27-32-41)42-15-9-18-48-50(42)46-33-28-38-12-4-5-13-43(38)51(46)54-48/h1-33H. The molecule has 0 bridgehead atoms. The number of rotatable bonds is 6. The Bertz CT molecular complexity index is 3170. The van der Waals surface area contributed by atoms with E-state index in [0.29, 0.717) is 0 Å². The number of hydrogen-bond acceptors (Lipinski definition) is 3. The molecule has 11 aromatic rings. The van der Waals surface area contributed by atoms with Gasteiger partial charge in [0.25, 0.3) is 0 Å². The molecular weight excluding hydrogens is 687 g/mol. The molecule has 0 aliphatic rings. The van der Waals surface area contributed by atoms with Crippen LogP contribution in [-0.2, 0) is 0 Å². The molecule has 11 rings (SSSR count). The third-order valence-corrected chi connectivity index (χ3v) is 12.1. The average Bonchev–Trinajstić information content (AvgIpc) is 3.84. The van der Waals surface area contributed by atoms with Crippen molar-refractivity contribution >= 4 is 81.3 Å². The third kappa shape index (κ3) is 5.32. The Morgan fingerprint density at radius 2 is 0.964 bits per heavy atom. The molecule has 0 fully saturated rings. The minimum atomic E-state index is 0.904. The number of benzene rings is 9. The van der Waals surface area contributed by atoms with Gasteiger partial charge in [-0.3, -0.25) is 0 Å². The van der Waals surface area contributed by atoms with E-state index in [-0.39, 0.29) is 0 Å². The highest BCUT2D eigenvalue weighted by Gasteiger charge is 2.20. The number of furan rings is 1. The molecule has 0 N–H and O–H groups in total. The Hall–Kier alpha value is -6.94. The highest BCUT2D eigenvalue weighted by atomic mass is 32.1. The molecule has 2 nitrogen and oxygen atoms in total. The smallest absolute Gasteiger partial charge is 0.143 e. The van der Waals surface area contributed by atoms with Gasteiger partial charge in [0.15, 0.2) is 0 Å². The minimum Gasteiger partial charge on any atom is -0.455 e. The summed E-state index contributed by atoms with van der Waals surface area (Å²) in [6.07, 6.45) is 0. The van der Waals surface area contributed by atoms with Gasteiger partial charge in [0, 0.05) is 43.0 Å². The lowest BCUT2D eigenvalue weighted by Crippen LogP contribution is -2.10. The van der Waals surface area contributed by atoms with Gasteiger partial charge in [0.05, 0.1) is 10.4 Å². The first-order valence-corrected chi connectivity index (χ1v) is 19.5. The summed E-state index contributed by atoms with van der Waals surface area (Å²) in [7, 11) is 0. The van der Waals surface area contributed by atoms with Gasteiger partial charge in [-0.25, -0.2) is 0 Å². The van der Waals surface area contributed by atoms with E-state index in [2.05, 4.69) is 205 Å². The van der Waals surface area contributed by atoms with Gasteiger partial charge >= 0.3 is 0 Å². The van der Waals surface area contributed by atoms with Gasteiger partial charge < -0.3 is 9.32 Å². The van der Waals surface area contributed by atoms with E-state index >= 15 is 0 Å². The number of nitrogens with zero attached hydrogens (tertiary/aromatic N) is 1. The first kappa shape index (κ1) is 31.6. The molecule has 9 aromatic carbocycles. The highest BCUT2D eigenvalue weighted by Crippen LogP contribution is 2.46. The molecule has 55 heavy (non-hydrogen) atoms. The number of anilines is 3. The van der Waals surface area contributed by atoms with Crippen LogP contribution in [0.25, 0.3) is 86.3 Å². The van der Waals surface area contributed by atoms with E-state index in [1.807, 2.05) is 11.3 Å². The Kier molecular flexibility index (Phi) is 7.39. The van der Waals surface area contributed by atoms with Crippen molar-refractivity contribution in [3.63, 3.8) is 0 Å². The van der Waals surface area contributed by atoms with E-state index < -0.39 is 0 Å². The number of fused-ring (bicyclic) bond motifs is 8. The maximum atomic E-state index is 6.53. The predicted molar refractivity (Wildman–Crippen MR) is 235 cm³/mol. The van der Waals surface area contributed by atoms with E-state index in [1.54, 1.807) is 0 Å². The van der Waals surface area contributed by atoms with Crippen LogP contribution in [0.2, 0.25) is 0 Å². The molecule has 258 valence electrons. The normalized spacial score (nSPS) is 11.6. The molecule has 3 heteroatoms. The fraction of sp³-hybridized carbons (Fsp3) is 0. The van der Waals surface area contributed by atoms with E-state index in [1.165, 1.54) is 59.1 Å². The zero-order valence-electron chi connectivity index (χ0n) is 29.8. The molecule has 0 aliphatic carbocycles. The lowest BCUT2D eigenvalue weighted by atomic mass is 9.98. The van der Waals surface area contributed by atoms with Crippen LogP contribution < -0.4 is 4.90 Å². The molecular formula is C52H33NOS. The van der Waals surface area contributed by atoms with Crippen molar-refractivity contribution in [2.45, 2.75) is 0 Å². The molecule has 0 aliphatic heterocycles. The zero-order valence-corrected chi connectivity index (χ0v) is 30.6. The summed E-state index contributed by atoms with van der Waals surface area (Å²) < 4.78 is 9.10. The van der Waals surface area contributed by atoms with E-state index in [4.69, 9.17) is 4.42 Å². The summed E-state index contributed by atoms with van der Waals surface area (Å²) >= 11 is 1.86. The quantitative estimate of drug-likeness (QED) is 0.170. The second kappa shape index (κ2) is 12.9. The first-order chi connectivity index (χ1) is 27.3. The van der Waals surface area contributed by atoms with Crippen molar-refractivity contribution in [2.24, 2.45) is 0 Å². The molecule has 0 amide bonds. The molecule has 0 unspecified atom stereocenters. The summed E-state index contributed by atoms with van der Waals surface area (Å²) in [4.78, 5) is 2.41. The van der Waals surface area contributed by atoms with Crippen LogP contribution in [0.3, 0.4) is 0 Å². The zero-order chi connectivity index (χ0) is 36.3. The molecule has 0 saturated carbocycles. The largest absolute Gasteiger partial charge is 0.455 e. The molecule has 0 spiro atoms.